The fraction of sp³-hybridized carbons (Fsp3) is 0.500. The molecule has 0 aromatic heterocycles. The summed E-state index contributed by atoms with van der Waals surface area (Å²) in [5.41, 5.74) is 1.08. The molecule has 1 amide bonds. The van der Waals surface area contributed by atoms with E-state index >= 15 is 0 Å². The minimum atomic E-state index is 0.132. The number of carbonyl (C=O) groups is 1. The van der Waals surface area contributed by atoms with Crippen LogP contribution in [0.25, 0.3) is 0 Å². The molecule has 2 rings (SSSR count). The Morgan fingerprint density at radius 3 is 2.65 bits per heavy atom. The highest BCUT2D eigenvalue weighted by Crippen LogP contribution is 2.24. The normalized spacial score (nSPS) is 24.3. The summed E-state index contributed by atoms with van der Waals surface area (Å²) in [4.78, 5) is 12.3. The van der Waals surface area contributed by atoms with Gasteiger partial charge >= 0.3 is 0 Å². The number of carbonyl (C=O) groups excluding carboxylic acids is 1. The van der Waals surface area contributed by atoms with E-state index in [2.05, 4.69) is 21.2 Å². The van der Waals surface area contributed by atoms with Crippen LogP contribution in [0.5, 0.6) is 0 Å². The number of nitrogens with one attached hydrogen (secondary N) is 1. The lowest BCUT2D eigenvalue weighted by atomic mass is 9.95. The number of hydrogen-bond donors (Lipinski definition) is 1. The van der Waals surface area contributed by atoms with Gasteiger partial charge in [0.25, 0.3) is 0 Å². The molecule has 2 atom stereocenters. The van der Waals surface area contributed by atoms with E-state index in [4.69, 9.17) is 0 Å². The molecular formula is C14H18BrNO. The molecule has 0 radical (unpaired) electrons. The van der Waals surface area contributed by atoms with Crippen LogP contribution in [-0.2, 0) is 11.2 Å². The van der Waals surface area contributed by atoms with Crippen molar-refractivity contribution in [1.82, 2.24) is 5.32 Å². The van der Waals surface area contributed by atoms with Crippen LogP contribution in [0.15, 0.2) is 30.3 Å². The lowest BCUT2D eigenvalue weighted by molar-refractivity contribution is -0.121. The van der Waals surface area contributed by atoms with Crippen LogP contribution >= 0.6 is 15.9 Å². The molecule has 1 N–H and O–H groups in total. The van der Waals surface area contributed by atoms with Gasteiger partial charge in [0.1, 0.15) is 0 Å². The van der Waals surface area contributed by atoms with Gasteiger partial charge in [0.15, 0.2) is 0 Å². The molecule has 0 spiro atoms. The zero-order valence-corrected chi connectivity index (χ0v) is 11.4. The molecule has 1 aliphatic rings. The van der Waals surface area contributed by atoms with Gasteiger partial charge in [0.2, 0.25) is 5.91 Å². The van der Waals surface area contributed by atoms with Crippen molar-refractivity contribution < 1.29 is 4.79 Å². The Hall–Kier alpha value is -0.830. The predicted molar refractivity (Wildman–Crippen MR) is 73.3 cm³/mol. The number of alkyl halides is 1. The minimum absolute atomic E-state index is 0.132. The molecule has 0 heterocycles. The van der Waals surface area contributed by atoms with E-state index in [1.54, 1.807) is 0 Å². The van der Waals surface area contributed by atoms with Crippen LogP contribution in [-0.4, -0.2) is 16.8 Å². The first-order valence-corrected chi connectivity index (χ1v) is 7.14. The highest BCUT2D eigenvalue weighted by Gasteiger charge is 2.23. The molecule has 2 nitrogen and oxygen atoms in total. The van der Waals surface area contributed by atoms with Crippen molar-refractivity contribution in [2.45, 2.75) is 43.0 Å². The van der Waals surface area contributed by atoms with Gasteiger partial charge in [-0.3, -0.25) is 4.79 Å². The van der Waals surface area contributed by atoms with Crippen molar-refractivity contribution in [1.29, 1.82) is 0 Å². The van der Waals surface area contributed by atoms with Crippen molar-refractivity contribution in [3.05, 3.63) is 35.9 Å². The Morgan fingerprint density at radius 1 is 1.24 bits per heavy atom. The number of rotatable bonds is 3. The lowest BCUT2D eigenvalue weighted by Gasteiger charge is -2.28. The van der Waals surface area contributed by atoms with Gasteiger partial charge in [0, 0.05) is 10.9 Å². The summed E-state index contributed by atoms with van der Waals surface area (Å²) in [7, 11) is 0. The van der Waals surface area contributed by atoms with Crippen molar-refractivity contribution >= 4 is 21.8 Å². The zero-order valence-electron chi connectivity index (χ0n) is 9.86. The predicted octanol–water partition coefficient (Wildman–Crippen LogP) is 3.05. The maximum absolute atomic E-state index is 11.9. The summed E-state index contributed by atoms with van der Waals surface area (Å²) in [5, 5.41) is 3.13. The van der Waals surface area contributed by atoms with Crippen molar-refractivity contribution in [3.63, 3.8) is 0 Å². The van der Waals surface area contributed by atoms with Gasteiger partial charge in [-0.15, -0.1) is 0 Å². The quantitative estimate of drug-likeness (QED) is 0.853. The van der Waals surface area contributed by atoms with E-state index < -0.39 is 0 Å². The van der Waals surface area contributed by atoms with Gasteiger partial charge in [-0.2, -0.15) is 0 Å². The van der Waals surface area contributed by atoms with Gasteiger partial charge in [-0.05, 0) is 18.4 Å². The monoisotopic (exact) mass is 295 g/mol. The van der Waals surface area contributed by atoms with Crippen LogP contribution in [0.2, 0.25) is 0 Å². The van der Waals surface area contributed by atoms with E-state index in [1.807, 2.05) is 30.3 Å². The molecule has 92 valence electrons. The van der Waals surface area contributed by atoms with Crippen LogP contribution < -0.4 is 5.32 Å². The van der Waals surface area contributed by atoms with Crippen LogP contribution in [0, 0.1) is 0 Å². The summed E-state index contributed by atoms with van der Waals surface area (Å²) in [6.45, 7) is 0. The minimum Gasteiger partial charge on any atom is -0.352 e. The molecule has 0 unspecified atom stereocenters. The average Bonchev–Trinajstić information content (AvgIpc) is 2.33. The van der Waals surface area contributed by atoms with Crippen LogP contribution in [0.3, 0.4) is 0 Å². The molecular weight excluding hydrogens is 278 g/mol. The van der Waals surface area contributed by atoms with Gasteiger partial charge in [-0.25, -0.2) is 0 Å². The van der Waals surface area contributed by atoms with Gasteiger partial charge in [-0.1, -0.05) is 59.1 Å². The maximum Gasteiger partial charge on any atom is 0.224 e. The molecule has 3 heteroatoms. The summed E-state index contributed by atoms with van der Waals surface area (Å²) < 4.78 is 0. The van der Waals surface area contributed by atoms with Crippen LogP contribution in [0.1, 0.15) is 31.2 Å². The Labute approximate surface area is 111 Å². The first-order chi connectivity index (χ1) is 8.25. The topological polar surface area (TPSA) is 29.1 Å². The van der Waals surface area contributed by atoms with E-state index in [1.165, 1.54) is 12.8 Å². The Morgan fingerprint density at radius 2 is 1.94 bits per heavy atom. The summed E-state index contributed by atoms with van der Waals surface area (Å²) in [6, 6.07) is 10.2. The first-order valence-electron chi connectivity index (χ1n) is 6.23. The van der Waals surface area contributed by atoms with E-state index in [-0.39, 0.29) is 5.91 Å². The number of amides is 1. The third kappa shape index (κ3) is 3.84. The van der Waals surface area contributed by atoms with Crippen molar-refractivity contribution in [2.24, 2.45) is 0 Å². The van der Waals surface area contributed by atoms with Gasteiger partial charge in [0.05, 0.1) is 6.42 Å². The summed E-state index contributed by atoms with van der Waals surface area (Å²) in [6.07, 6.45) is 5.23. The highest BCUT2D eigenvalue weighted by molar-refractivity contribution is 9.09. The van der Waals surface area contributed by atoms with Crippen molar-refractivity contribution in [3.8, 4) is 0 Å². The Kier molecular flexibility index (Phi) is 4.60. The number of halogens is 1. The molecule has 1 aliphatic carbocycles. The maximum atomic E-state index is 11.9. The molecule has 0 aliphatic heterocycles. The van der Waals surface area contributed by atoms with Gasteiger partial charge < -0.3 is 5.32 Å². The third-order valence-corrected chi connectivity index (χ3v) is 4.33. The Balaban J connectivity index is 1.84. The second-order valence-corrected chi connectivity index (χ2v) is 5.81. The third-order valence-electron chi connectivity index (χ3n) is 3.24. The zero-order chi connectivity index (χ0) is 12.1. The van der Waals surface area contributed by atoms with E-state index in [9.17, 15) is 4.79 Å². The van der Waals surface area contributed by atoms with E-state index in [0.717, 1.165) is 18.4 Å². The smallest absolute Gasteiger partial charge is 0.224 e. The number of hydrogen-bond acceptors (Lipinski definition) is 1. The molecule has 1 saturated carbocycles. The van der Waals surface area contributed by atoms with Crippen LogP contribution in [0.4, 0.5) is 0 Å². The fourth-order valence-electron chi connectivity index (χ4n) is 2.29. The largest absolute Gasteiger partial charge is 0.352 e. The average molecular weight is 296 g/mol. The summed E-state index contributed by atoms with van der Waals surface area (Å²) >= 11 is 3.65. The second-order valence-electron chi connectivity index (χ2n) is 4.64. The molecule has 1 fully saturated rings. The van der Waals surface area contributed by atoms with E-state index in [0.29, 0.717) is 17.3 Å². The number of benzene rings is 1. The Bertz CT molecular complexity index is 366. The SMILES string of the molecule is O=C(Cc1ccccc1)N[C@H]1CCCC[C@@H]1Br. The fourth-order valence-corrected chi connectivity index (χ4v) is 3.01. The molecule has 1 aromatic rings. The highest BCUT2D eigenvalue weighted by atomic mass is 79.9. The van der Waals surface area contributed by atoms with Crippen molar-refractivity contribution in [2.75, 3.05) is 0 Å². The second kappa shape index (κ2) is 6.20. The standard InChI is InChI=1S/C14H18BrNO/c15-12-8-4-5-9-13(12)16-14(17)10-11-6-2-1-3-7-11/h1-3,6-7,12-13H,4-5,8-10H2,(H,16,17)/t12-,13-/m0/s1. The molecule has 17 heavy (non-hydrogen) atoms. The molecule has 0 bridgehead atoms. The lowest BCUT2D eigenvalue weighted by Crippen LogP contribution is -2.43. The molecule has 0 saturated heterocycles. The molecule has 1 aromatic carbocycles. The summed E-state index contributed by atoms with van der Waals surface area (Å²) in [5.74, 6) is 0.132. The first kappa shape index (κ1) is 12.6.